The van der Waals surface area contributed by atoms with E-state index < -0.39 is 0 Å². The van der Waals surface area contributed by atoms with Gasteiger partial charge in [-0.3, -0.25) is 0 Å². The SMILES string of the molecule is CCCNc1nc(-c2ccc(OC)nc2)nc2c1ncn2C(C)C. The molecule has 3 aromatic heterocycles. The van der Waals surface area contributed by atoms with Crippen LogP contribution in [0.1, 0.15) is 33.2 Å². The summed E-state index contributed by atoms with van der Waals surface area (Å²) in [4.78, 5) is 18.1. The normalized spacial score (nSPS) is 11.2. The van der Waals surface area contributed by atoms with E-state index in [1.165, 1.54) is 0 Å². The molecule has 3 aromatic rings. The summed E-state index contributed by atoms with van der Waals surface area (Å²) in [5.74, 6) is 1.95. The third kappa shape index (κ3) is 3.02. The van der Waals surface area contributed by atoms with Crippen molar-refractivity contribution in [3.8, 4) is 17.3 Å². The second-order valence-electron chi connectivity index (χ2n) is 5.83. The number of imidazole rings is 1. The average molecular weight is 326 g/mol. The van der Waals surface area contributed by atoms with Gasteiger partial charge in [-0.25, -0.2) is 19.9 Å². The van der Waals surface area contributed by atoms with E-state index in [1.54, 1.807) is 13.3 Å². The second-order valence-corrected chi connectivity index (χ2v) is 5.83. The molecule has 1 N–H and O–H groups in total. The van der Waals surface area contributed by atoms with Crippen molar-refractivity contribution in [1.82, 2.24) is 24.5 Å². The van der Waals surface area contributed by atoms with Crippen molar-refractivity contribution in [3.05, 3.63) is 24.7 Å². The largest absolute Gasteiger partial charge is 0.481 e. The summed E-state index contributed by atoms with van der Waals surface area (Å²) in [5.41, 5.74) is 2.46. The molecule has 0 aliphatic heterocycles. The quantitative estimate of drug-likeness (QED) is 0.749. The van der Waals surface area contributed by atoms with Crippen LogP contribution in [0.15, 0.2) is 24.7 Å². The maximum atomic E-state index is 5.11. The van der Waals surface area contributed by atoms with Gasteiger partial charge < -0.3 is 14.6 Å². The predicted octanol–water partition coefficient (Wildman–Crippen LogP) is 3.30. The van der Waals surface area contributed by atoms with E-state index in [0.29, 0.717) is 11.7 Å². The molecule has 126 valence electrons. The highest BCUT2D eigenvalue weighted by Crippen LogP contribution is 2.26. The predicted molar refractivity (Wildman–Crippen MR) is 94.3 cm³/mol. The van der Waals surface area contributed by atoms with Crippen LogP contribution in [0.25, 0.3) is 22.6 Å². The van der Waals surface area contributed by atoms with E-state index in [1.807, 2.05) is 18.5 Å². The van der Waals surface area contributed by atoms with Gasteiger partial charge in [0.2, 0.25) is 5.88 Å². The van der Waals surface area contributed by atoms with E-state index in [9.17, 15) is 0 Å². The fourth-order valence-corrected chi connectivity index (χ4v) is 2.42. The molecule has 0 bridgehead atoms. The lowest BCUT2D eigenvalue weighted by molar-refractivity contribution is 0.398. The topological polar surface area (TPSA) is 77.8 Å². The summed E-state index contributed by atoms with van der Waals surface area (Å²) in [6, 6.07) is 3.99. The maximum absolute atomic E-state index is 5.11. The molecule has 7 nitrogen and oxygen atoms in total. The second kappa shape index (κ2) is 6.82. The molecule has 0 aliphatic carbocycles. The van der Waals surface area contributed by atoms with Gasteiger partial charge in [-0.15, -0.1) is 0 Å². The Bertz CT molecular complexity index is 825. The Morgan fingerprint density at radius 3 is 2.67 bits per heavy atom. The molecule has 0 saturated carbocycles. The van der Waals surface area contributed by atoms with Crippen LogP contribution in [0.4, 0.5) is 5.82 Å². The molecule has 7 heteroatoms. The van der Waals surface area contributed by atoms with E-state index in [-0.39, 0.29) is 6.04 Å². The molecular formula is C17H22N6O. The van der Waals surface area contributed by atoms with Crippen LogP contribution in [0.5, 0.6) is 5.88 Å². The molecule has 0 fully saturated rings. The highest BCUT2D eigenvalue weighted by Gasteiger charge is 2.15. The first kappa shape index (κ1) is 16.2. The van der Waals surface area contributed by atoms with Crippen molar-refractivity contribution in [2.24, 2.45) is 0 Å². The van der Waals surface area contributed by atoms with Crippen LogP contribution < -0.4 is 10.1 Å². The summed E-state index contributed by atoms with van der Waals surface area (Å²) < 4.78 is 7.16. The Morgan fingerprint density at radius 2 is 2.04 bits per heavy atom. The zero-order valence-corrected chi connectivity index (χ0v) is 14.4. The number of nitrogens with one attached hydrogen (secondary N) is 1. The maximum Gasteiger partial charge on any atom is 0.212 e. The Kier molecular flexibility index (Phi) is 4.59. The van der Waals surface area contributed by atoms with E-state index in [4.69, 9.17) is 9.72 Å². The van der Waals surface area contributed by atoms with Gasteiger partial charge in [-0.05, 0) is 26.3 Å². The van der Waals surface area contributed by atoms with Gasteiger partial charge in [0.15, 0.2) is 17.3 Å². The molecule has 0 amide bonds. The van der Waals surface area contributed by atoms with Crippen LogP contribution in [0.2, 0.25) is 0 Å². The summed E-state index contributed by atoms with van der Waals surface area (Å²) >= 11 is 0. The minimum Gasteiger partial charge on any atom is -0.481 e. The monoisotopic (exact) mass is 326 g/mol. The first-order valence-corrected chi connectivity index (χ1v) is 8.13. The number of ether oxygens (including phenoxy) is 1. The Balaban J connectivity index is 2.13. The van der Waals surface area contributed by atoms with Gasteiger partial charge >= 0.3 is 0 Å². The molecule has 0 radical (unpaired) electrons. The van der Waals surface area contributed by atoms with E-state index >= 15 is 0 Å². The van der Waals surface area contributed by atoms with Crippen molar-refractivity contribution < 1.29 is 4.74 Å². The first-order chi connectivity index (χ1) is 11.6. The number of hydrogen-bond donors (Lipinski definition) is 1. The zero-order chi connectivity index (χ0) is 17.1. The van der Waals surface area contributed by atoms with Crippen molar-refractivity contribution in [1.29, 1.82) is 0 Å². The van der Waals surface area contributed by atoms with Crippen molar-refractivity contribution in [2.75, 3.05) is 19.0 Å². The number of aromatic nitrogens is 5. The van der Waals surface area contributed by atoms with E-state index in [2.05, 4.69) is 45.6 Å². The van der Waals surface area contributed by atoms with Crippen LogP contribution in [0, 0.1) is 0 Å². The van der Waals surface area contributed by atoms with Crippen LogP contribution >= 0.6 is 0 Å². The van der Waals surface area contributed by atoms with Gasteiger partial charge in [-0.1, -0.05) is 6.92 Å². The standard InChI is InChI=1S/C17H22N6O/c1-5-8-18-16-14-17(23(10-20-14)11(2)3)22-15(21-16)12-6-7-13(24-4)19-9-12/h6-7,9-11H,5,8H2,1-4H3,(H,18,21,22). The van der Waals surface area contributed by atoms with Crippen molar-refractivity contribution >= 4 is 17.0 Å². The van der Waals surface area contributed by atoms with Gasteiger partial charge in [0, 0.05) is 30.4 Å². The lowest BCUT2D eigenvalue weighted by Crippen LogP contribution is -2.06. The lowest BCUT2D eigenvalue weighted by atomic mass is 10.2. The molecule has 3 heterocycles. The summed E-state index contributed by atoms with van der Waals surface area (Å²) in [6.07, 6.45) is 4.55. The third-order valence-corrected chi connectivity index (χ3v) is 3.72. The molecule has 0 aromatic carbocycles. The Morgan fingerprint density at radius 1 is 1.21 bits per heavy atom. The summed E-state index contributed by atoms with van der Waals surface area (Å²) in [7, 11) is 1.60. The van der Waals surface area contributed by atoms with Gasteiger partial charge in [0.25, 0.3) is 0 Å². The molecule has 0 saturated heterocycles. The van der Waals surface area contributed by atoms with Crippen molar-refractivity contribution in [2.45, 2.75) is 33.2 Å². The number of anilines is 1. The number of rotatable bonds is 6. The third-order valence-electron chi connectivity index (χ3n) is 3.72. The smallest absolute Gasteiger partial charge is 0.212 e. The van der Waals surface area contributed by atoms with Crippen molar-refractivity contribution in [3.63, 3.8) is 0 Å². The minimum absolute atomic E-state index is 0.269. The van der Waals surface area contributed by atoms with Gasteiger partial charge in [0.05, 0.1) is 13.4 Å². The number of hydrogen-bond acceptors (Lipinski definition) is 6. The highest BCUT2D eigenvalue weighted by atomic mass is 16.5. The number of methoxy groups -OCH3 is 1. The molecule has 3 rings (SSSR count). The minimum atomic E-state index is 0.269. The lowest BCUT2D eigenvalue weighted by Gasteiger charge is -2.11. The summed E-state index contributed by atoms with van der Waals surface area (Å²) in [6.45, 7) is 7.17. The molecule has 24 heavy (non-hydrogen) atoms. The van der Waals surface area contributed by atoms with Crippen LogP contribution in [0.3, 0.4) is 0 Å². The number of fused-ring (bicyclic) bond motifs is 1. The molecule has 0 aliphatic rings. The molecule has 0 atom stereocenters. The van der Waals surface area contributed by atoms with Crippen LogP contribution in [-0.2, 0) is 0 Å². The highest BCUT2D eigenvalue weighted by molar-refractivity contribution is 5.85. The van der Waals surface area contributed by atoms with Crippen LogP contribution in [-0.4, -0.2) is 38.2 Å². The summed E-state index contributed by atoms with van der Waals surface area (Å²) in [5, 5.41) is 3.35. The van der Waals surface area contributed by atoms with E-state index in [0.717, 1.165) is 35.5 Å². The zero-order valence-electron chi connectivity index (χ0n) is 14.4. The Hall–Kier alpha value is -2.70. The Labute approximate surface area is 141 Å². The molecule has 0 spiro atoms. The fraction of sp³-hybridized carbons (Fsp3) is 0.412. The first-order valence-electron chi connectivity index (χ1n) is 8.13. The molecule has 0 unspecified atom stereocenters. The molecular weight excluding hydrogens is 304 g/mol. The number of nitrogens with zero attached hydrogens (tertiary/aromatic N) is 5. The van der Waals surface area contributed by atoms with Gasteiger partial charge in [0.1, 0.15) is 5.52 Å². The average Bonchev–Trinajstić information content (AvgIpc) is 3.04. The number of pyridine rings is 1. The van der Waals surface area contributed by atoms with Gasteiger partial charge in [-0.2, -0.15) is 0 Å². The fourth-order valence-electron chi connectivity index (χ4n) is 2.42.